The van der Waals surface area contributed by atoms with Crippen molar-refractivity contribution in [3.63, 3.8) is 0 Å². The highest BCUT2D eigenvalue weighted by Crippen LogP contribution is 2.36. The van der Waals surface area contributed by atoms with Gasteiger partial charge in [0.15, 0.2) is 0 Å². The maximum Gasteiger partial charge on any atom is 0.350 e. The number of rotatable bonds is 7. The van der Waals surface area contributed by atoms with E-state index in [4.69, 9.17) is 4.74 Å². The predicted octanol–water partition coefficient (Wildman–Crippen LogP) is 3.00. The molecule has 0 aliphatic carbocycles. The molecule has 0 unspecified atom stereocenters. The lowest BCUT2D eigenvalue weighted by atomic mass is 10.2. The van der Waals surface area contributed by atoms with Crippen molar-refractivity contribution in [2.75, 3.05) is 33.1 Å². The number of ether oxygens (including phenoxy) is 2. The van der Waals surface area contributed by atoms with E-state index in [0.717, 1.165) is 17.0 Å². The van der Waals surface area contributed by atoms with Crippen LogP contribution in [0.5, 0.6) is 0 Å². The van der Waals surface area contributed by atoms with E-state index in [9.17, 15) is 14.4 Å². The molecule has 0 spiro atoms. The van der Waals surface area contributed by atoms with Crippen LogP contribution in [0, 0.1) is 0 Å². The second-order valence-electron chi connectivity index (χ2n) is 6.17. The average Bonchev–Trinajstić information content (AvgIpc) is 3.35. The minimum atomic E-state index is -0.544. The van der Waals surface area contributed by atoms with E-state index in [1.807, 2.05) is 0 Å². The topological polar surface area (TPSA) is 97.8 Å². The number of esters is 2. The van der Waals surface area contributed by atoms with Crippen LogP contribution in [0.1, 0.15) is 25.7 Å². The molecular weight excluding hydrogens is 414 g/mol. The Balaban J connectivity index is 1.92. The Hall–Kier alpha value is -2.82. The summed E-state index contributed by atoms with van der Waals surface area (Å²) in [4.78, 5) is 43.4. The molecule has 1 N–H and O–H groups in total. The molecule has 0 saturated heterocycles. The number of methoxy groups -OCH3 is 2. The third-order valence-corrected chi connectivity index (χ3v) is 5.83. The highest BCUT2D eigenvalue weighted by atomic mass is 32.1. The van der Waals surface area contributed by atoms with Crippen LogP contribution >= 0.6 is 22.7 Å². The maximum atomic E-state index is 12.5. The number of thiophene rings is 2. The van der Waals surface area contributed by atoms with Gasteiger partial charge in [-0.05, 0) is 30.6 Å². The molecule has 3 aromatic rings. The number of carbonyl (C=O) groups excluding carboxylic acids is 3. The molecule has 0 bridgehead atoms. The first-order valence-electron chi connectivity index (χ1n) is 8.52. The van der Waals surface area contributed by atoms with Gasteiger partial charge in [0.1, 0.15) is 9.71 Å². The summed E-state index contributed by atoms with van der Waals surface area (Å²) in [7, 11) is 4.41. The van der Waals surface area contributed by atoms with Gasteiger partial charge in [-0.15, -0.1) is 11.3 Å². The summed E-state index contributed by atoms with van der Waals surface area (Å²) < 4.78 is 9.53. The van der Waals surface area contributed by atoms with Gasteiger partial charge in [0, 0.05) is 17.3 Å². The zero-order valence-corrected chi connectivity index (χ0v) is 17.7. The number of pyridine rings is 1. The second-order valence-corrected chi connectivity index (χ2v) is 7.95. The van der Waals surface area contributed by atoms with Gasteiger partial charge in [-0.1, -0.05) is 0 Å². The number of anilines is 1. The Kier molecular flexibility index (Phi) is 6.57. The van der Waals surface area contributed by atoms with E-state index in [2.05, 4.69) is 15.0 Å². The summed E-state index contributed by atoms with van der Waals surface area (Å²) in [6, 6.07) is 5.31. The lowest BCUT2D eigenvalue weighted by Crippen LogP contribution is -2.26. The van der Waals surface area contributed by atoms with Crippen LogP contribution in [0.25, 0.3) is 10.2 Å². The number of nitrogens with zero attached hydrogens (tertiary/aromatic N) is 2. The Morgan fingerprint density at radius 2 is 1.97 bits per heavy atom. The van der Waals surface area contributed by atoms with Crippen molar-refractivity contribution in [3.8, 4) is 0 Å². The first-order valence-corrected chi connectivity index (χ1v) is 10.3. The Bertz CT molecular complexity index is 1050. The van der Waals surface area contributed by atoms with Crippen LogP contribution in [0.15, 0.2) is 29.0 Å². The fraction of sp³-hybridized carbons (Fsp3) is 0.263. The minimum Gasteiger partial charge on any atom is -0.468 e. The fourth-order valence-corrected chi connectivity index (χ4v) is 4.36. The summed E-state index contributed by atoms with van der Waals surface area (Å²) in [6.07, 6.45) is 0. The number of hydrogen-bond acceptors (Lipinski definition) is 9. The molecule has 0 fully saturated rings. The highest BCUT2D eigenvalue weighted by Gasteiger charge is 2.22. The normalized spacial score (nSPS) is 10.9. The van der Waals surface area contributed by atoms with Crippen molar-refractivity contribution in [1.29, 1.82) is 0 Å². The van der Waals surface area contributed by atoms with Crippen LogP contribution < -0.4 is 5.32 Å². The average molecular weight is 434 g/mol. The van der Waals surface area contributed by atoms with Gasteiger partial charge in [0.2, 0.25) is 0 Å². The molecule has 0 atom stereocenters. The van der Waals surface area contributed by atoms with Crippen LogP contribution in [-0.2, 0) is 20.8 Å². The highest BCUT2D eigenvalue weighted by molar-refractivity contribution is 7.21. The summed E-state index contributed by atoms with van der Waals surface area (Å²) in [6.45, 7) is 0.559. The van der Waals surface area contributed by atoms with Crippen LogP contribution in [-0.4, -0.2) is 55.5 Å². The molecule has 0 aliphatic heterocycles. The van der Waals surface area contributed by atoms with Crippen molar-refractivity contribution in [3.05, 3.63) is 45.1 Å². The molecule has 152 valence electrons. The van der Waals surface area contributed by atoms with E-state index in [1.165, 1.54) is 25.6 Å². The summed E-state index contributed by atoms with van der Waals surface area (Å²) in [5, 5.41) is 7.00. The van der Waals surface area contributed by atoms with Gasteiger partial charge in [-0.25, -0.2) is 9.78 Å². The van der Waals surface area contributed by atoms with Gasteiger partial charge in [-0.3, -0.25) is 14.5 Å². The Morgan fingerprint density at radius 3 is 2.62 bits per heavy atom. The minimum absolute atomic E-state index is 0.135. The Morgan fingerprint density at radius 1 is 1.17 bits per heavy atom. The summed E-state index contributed by atoms with van der Waals surface area (Å²) in [5.41, 5.74) is 1.62. The first kappa shape index (κ1) is 20.9. The molecule has 3 heterocycles. The molecule has 0 aromatic carbocycles. The molecule has 8 nitrogen and oxygen atoms in total. The number of nitrogens with one attached hydrogen (secondary N) is 1. The van der Waals surface area contributed by atoms with Gasteiger partial charge >= 0.3 is 11.9 Å². The predicted molar refractivity (Wildman–Crippen MR) is 112 cm³/mol. The molecule has 0 radical (unpaired) electrons. The van der Waals surface area contributed by atoms with Crippen molar-refractivity contribution >= 4 is 56.4 Å². The number of carbonyl (C=O) groups is 3. The molecule has 1 amide bonds. The largest absolute Gasteiger partial charge is 0.468 e. The maximum absolute atomic E-state index is 12.5. The molecular formula is C19H19N3O5S2. The van der Waals surface area contributed by atoms with Crippen molar-refractivity contribution in [2.45, 2.75) is 6.54 Å². The molecule has 10 heteroatoms. The first-order chi connectivity index (χ1) is 13.9. The molecule has 3 rings (SSSR count). The molecule has 29 heavy (non-hydrogen) atoms. The van der Waals surface area contributed by atoms with Gasteiger partial charge in [-0.2, -0.15) is 11.3 Å². The van der Waals surface area contributed by atoms with Crippen molar-refractivity contribution in [1.82, 2.24) is 9.88 Å². The van der Waals surface area contributed by atoms with Gasteiger partial charge in [0.05, 0.1) is 37.7 Å². The number of amides is 1. The molecule has 3 aromatic heterocycles. The third-order valence-electron chi connectivity index (χ3n) is 4.06. The van der Waals surface area contributed by atoms with Crippen LogP contribution in [0.3, 0.4) is 0 Å². The standard InChI is InChI=1S/C19H19N3O5S2/c1-22(9-14(23)26-2)8-12-4-5-13-15(21-17(24)11-6-7-28-10-11)16(19(25)27-3)29-18(13)20-12/h4-7,10H,8-9H2,1-3H3,(H,21,24). The monoisotopic (exact) mass is 433 g/mol. The van der Waals surface area contributed by atoms with Crippen molar-refractivity contribution < 1.29 is 23.9 Å². The lowest BCUT2D eigenvalue weighted by molar-refractivity contribution is -0.141. The quantitative estimate of drug-likeness (QED) is 0.572. The van der Waals surface area contributed by atoms with E-state index in [-0.39, 0.29) is 23.3 Å². The summed E-state index contributed by atoms with van der Waals surface area (Å²) in [5.74, 6) is -1.19. The second kappa shape index (κ2) is 9.12. The SMILES string of the molecule is COC(=O)CN(C)Cc1ccc2c(NC(=O)c3ccsc3)c(C(=O)OC)sc2n1. The van der Waals surface area contributed by atoms with E-state index in [1.54, 1.807) is 40.9 Å². The van der Waals surface area contributed by atoms with Crippen LogP contribution in [0.4, 0.5) is 5.69 Å². The number of aromatic nitrogens is 1. The number of fused-ring (bicyclic) bond motifs is 1. The molecule has 0 aliphatic rings. The zero-order valence-electron chi connectivity index (χ0n) is 16.1. The number of hydrogen-bond donors (Lipinski definition) is 1. The van der Waals surface area contributed by atoms with Crippen molar-refractivity contribution in [2.24, 2.45) is 0 Å². The molecule has 0 saturated carbocycles. The fourth-order valence-electron chi connectivity index (χ4n) is 2.66. The third kappa shape index (κ3) is 4.78. The van der Waals surface area contributed by atoms with E-state index < -0.39 is 5.97 Å². The Labute approximate surface area is 175 Å². The number of likely N-dealkylation sites (N-methyl/N-ethyl adjacent to an activating group) is 1. The smallest absolute Gasteiger partial charge is 0.350 e. The van der Waals surface area contributed by atoms with Gasteiger partial charge in [0.25, 0.3) is 5.91 Å². The van der Waals surface area contributed by atoms with Gasteiger partial charge < -0.3 is 14.8 Å². The zero-order chi connectivity index (χ0) is 21.0. The summed E-state index contributed by atoms with van der Waals surface area (Å²) >= 11 is 2.56. The van der Waals surface area contributed by atoms with E-state index >= 15 is 0 Å². The lowest BCUT2D eigenvalue weighted by Gasteiger charge is -2.14. The van der Waals surface area contributed by atoms with Crippen LogP contribution in [0.2, 0.25) is 0 Å². The van der Waals surface area contributed by atoms with E-state index in [0.29, 0.717) is 28.0 Å².